The van der Waals surface area contributed by atoms with Gasteiger partial charge in [0.25, 0.3) is 0 Å². The predicted octanol–water partition coefficient (Wildman–Crippen LogP) is 8.65. The Bertz CT molecular complexity index is 2010. The summed E-state index contributed by atoms with van der Waals surface area (Å²) in [6, 6.07) is 30.3. The summed E-state index contributed by atoms with van der Waals surface area (Å²) in [5, 5.41) is 9.93. The lowest BCUT2D eigenvalue weighted by atomic mass is 9.96. The van der Waals surface area contributed by atoms with Gasteiger partial charge in [-0.05, 0) is 41.1 Å². The first-order chi connectivity index (χ1) is 15.3. The highest BCUT2D eigenvalue weighted by Gasteiger charge is 2.21. The maximum absolute atomic E-state index is 6.32. The van der Waals surface area contributed by atoms with Crippen LogP contribution in [0, 0.1) is 0 Å². The number of hydrogen-bond donors (Lipinski definition) is 0. The molecular formula is C28H14BrNO. The first kappa shape index (κ1) is 16.2. The van der Waals surface area contributed by atoms with Gasteiger partial charge in [-0.2, -0.15) is 0 Å². The van der Waals surface area contributed by atoms with Crippen molar-refractivity contribution in [3.05, 3.63) is 89.4 Å². The standard InChI is InChI=1S/C28H14BrNO/c29-20-13-12-15-19-14-24-26(17-7-2-4-11-23(17)31-24)18-8-5-10-22(25(18)19)30-21-9-3-1-6-16(21)27(20)28(15)30/h1-14H. The zero-order chi connectivity index (χ0) is 20.3. The molecule has 144 valence electrons. The van der Waals surface area contributed by atoms with Gasteiger partial charge in [0.1, 0.15) is 11.2 Å². The van der Waals surface area contributed by atoms with E-state index in [1.165, 1.54) is 59.6 Å². The van der Waals surface area contributed by atoms with Crippen molar-refractivity contribution in [1.29, 1.82) is 0 Å². The van der Waals surface area contributed by atoms with E-state index in [9.17, 15) is 0 Å². The zero-order valence-electron chi connectivity index (χ0n) is 16.3. The van der Waals surface area contributed by atoms with Crippen molar-refractivity contribution in [2.75, 3.05) is 0 Å². The molecule has 0 fully saturated rings. The van der Waals surface area contributed by atoms with E-state index in [-0.39, 0.29) is 0 Å². The first-order valence-electron chi connectivity index (χ1n) is 10.4. The minimum atomic E-state index is 0.937. The molecule has 0 aliphatic rings. The smallest absolute Gasteiger partial charge is 0.136 e. The Morgan fingerprint density at radius 1 is 0.548 bits per heavy atom. The molecule has 0 saturated carbocycles. The van der Waals surface area contributed by atoms with Crippen molar-refractivity contribution < 1.29 is 4.42 Å². The van der Waals surface area contributed by atoms with Gasteiger partial charge in [-0.3, -0.25) is 0 Å². The van der Waals surface area contributed by atoms with Crippen molar-refractivity contribution in [2.45, 2.75) is 0 Å². The normalized spacial score (nSPS) is 12.7. The fourth-order valence-electron chi connectivity index (χ4n) is 5.60. The van der Waals surface area contributed by atoms with E-state index in [2.05, 4.69) is 99.2 Å². The molecule has 0 aliphatic carbocycles. The van der Waals surface area contributed by atoms with Crippen molar-refractivity contribution in [1.82, 2.24) is 4.40 Å². The van der Waals surface area contributed by atoms with Crippen LogP contribution in [0.4, 0.5) is 0 Å². The predicted molar refractivity (Wildman–Crippen MR) is 134 cm³/mol. The molecular weight excluding hydrogens is 446 g/mol. The third-order valence-electron chi connectivity index (χ3n) is 6.78. The van der Waals surface area contributed by atoms with Gasteiger partial charge in [0.05, 0.1) is 16.6 Å². The molecule has 0 atom stereocenters. The van der Waals surface area contributed by atoms with E-state index in [0.717, 1.165) is 15.6 Å². The fraction of sp³-hybridized carbons (Fsp3) is 0. The number of benzene rings is 5. The van der Waals surface area contributed by atoms with Crippen molar-refractivity contribution >= 4 is 86.7 Å². The molecule has 3 aromatic heterocycles. The van der Waals surface area contributed by atoms with E-state index in [1.807, 2.05) is 6.07 Å². The third-order valence-corrected chi connectivity index (χ3v) is 7.44. The summed E-state index contributed by atoms with van der Waals surface area (Å²) in [7, 11) is 0. The van der Waals surface area contributed by atoms with Crippen molar-refractivity contribution in [3.8, 4) is 0 Å². The number of hydrogen-bond acceptors (Lipinski definition) is 1. The molecule has 0 bridgehead atoms. The summed E-state index contributed by atoms with van der Waals surface area (Å²) < 4.78 is 9.88. The molecule has 31 heavy (non-hydrogen) atoms. The maximum Gasteiger partial charge on any atom is 0.136 e. The Labute approximate surface area is 184 Å². The van der Waals surface area contributed by atoms with Crippen LogP contribution in [0.2, 0.25) is 0 Å². The topological polar surface area (TPSA) is 17.6 Å². The minimum absolute atomic E-state index is 0.937. The fourth-order valence-corrected chi connectivity index (χ4v) is 6.13. The van der Waals surface area contributed by atoms with Gasteiger partial charge in [0.15, 0.2) is 0 Å². The van der Waals surface area contributed by atoms with Crippen molar-refractivity contribution in [2.24, 2.45) is 0 Å². The second-order valence-corrected chi connectivity index (χ2v) is 9.12. The van der Waals surface area contributed by atoms with Gasteiger partial charge in [0.2, 0.25) is 0 Å². The van der Waals surface area contributed by atoms with Crippen LogP contribution in [0.25, 0.3) is 70.8 Å². The van der Waals surface area contributed by atoms with E-state index in [4.69, 9.17) is 4.42 Å². The zero-order valence-corrected chi connectivity index (χ0v) is 17.9. The number of para-hydroxylation sites is 2. The Kier molecular flexibility index (Phi) is 2.80. The molecule has 8 rings (SSSR count). The summed E-state index contributed by atoms with van der Waals surface area (Å²) in [5.41, 5.74) is 5.61. The Morgan fingerprint density at radius 2 is 1.32 bits per heavy atom. The van der Waals surface area contributed by atoms with E-state index < -0.39 is 0 Å². The van der Waals surface area contributed by atoms with Gasteiger partial charge in [-0.15, -0.1) is 0 Å². The van der Waals surface area contributed by atoms with Crippen LogP contribution in [0.15, 0.2) is 93.8 Å². The summed E-state index contributed by atoms with van der Waals surface area (Å²) in [4.78, 5) is 0. The summed E-state index contributed by atoms with van der Waals surface area (Å²) in [6.45, 7) is 0. The van der Waals surface area contributed by atoms with Crippen LogP contribution in [0.3, 0.4) is 0 Å². The summed E-state index contributed by atoms with van der Waals surface area (Å²) in [6.07, 6.45) is 0. The number of rotatable bonds is 0. The van der Waals surface area contributed by atoms with Gasteiger partial charge in [-0.1, -0.05) is 70.5 Å². The van der Waals surface area contributed by atoms with E-state index in [0.29, 0.717) is 0 Å². The van der Waals surface area contributed by atoms with Crippen LogP contribution < -0.4 is 0 Å². The first-order valence-corrected chi connectivity index (χ1v) is 11.2. The van der Waals surface area contributed by atoms with Crippen LogP contribution in [0.5, 0.6) is 0 Å². The van der Waals surface area contributed by atoms with Gasteiger partial charge < -0.3 is 8.82 Å². The molecule has 3 heterocycles. The van der Waals surface area contributed by atoms with Gasteiger partial charge in [-0.25, -0.2) is 0 Å². The molecule has 3 heteroatoms. The highest BCUT2D eigenvalue weighted by molar-refractivity contribution is 9.10. The monoisotopic (exact) mass is 459 g/mol. The number of furan rings is 1. The van der Waals surface area contributed by atoms with Crippen LogP contribution in [-0.4, -0.2) is 4.40 Å². The highest BCUT2D eigenvalue weighted by Crippen LogP contribution is 2.46. The Hall–Kier alpha value is -3.56. The number of pyridine rings is 1. The third kappa shape index (κ3) is 1.81. The quantitative estimate of drug-likeness (QED) is 0.164. The second-order valence-electron chi connectivity index (χ2n) is 8.27. The average molecular weight is 460 g/mol. The van der Waals surface area contributed by atoms with Crippen LogP contribution in [0.1, 0.15) is 0 Å². The average Bonchev–Trinajstić information content (AvgIpc) is 3.35. The molecule has 0 aliphatic heterocycles. The van der Waals surface area contributed by atoms with Gasteiger partial charge >= 0.3 is 0 Å². The lowest BCUT2D eigenvalue weighted by molar-refractivity contribution is 0.669. The lowest BCUT2D eigenvalue weighted by Crippen LogP contribution is -1.92. The van der Waals surface area contributed by atoms with E-state index in [1.54, 1.807) is 0 Å². The van der Waals surface area contributed by atoms with Crippen molar-refractivity contribution in [3.63, 3.8) is 0 Å². The number of aromatic nitrogens is 1. The second kappa shape index (κ2) is 5.37. The molecule has 0 saturated heterocycles. The molecule has 0 unspecified atom stereocenters. The largest absolute Gasteiger partial charge is 0.456 e. The highest BCUT2D eigenvalue weighted by atomic mass is 79.9. The minimum Gasteiger partial charge on any atom is -0.456 e. The summed E-state index contributed by atoms with van der Waals surface area (Å²) in [5.74, 6) is 0. The molecule has 5 aromatic carbocycles. The number of halogens is 1. The number of fused-ring (bicyclic) bond motifs is 9. The van der Waals surface area contributed by atoms with Crippen LogP contribution >= 0.6 is 15.9 Å². The van der Waals surface area contributed by atoms with E-state index >= 15 is 0 Å². The molecule has 2 nitrogen and oxygen atoms in total. The molecule has 0 N–H and O–H groups in total. The lowest BCUT2D eigenvalue weighted by Gasteiger charge is -2.14. The van der Waals surface area contributed by atoms with Crippen LogP contribution in [-0.2, 0) is 0 Å². The Balaban J connectivity index is 1.80. The molecule has 0 spiro atoms. The number of nitrogens with zero attached hydrogens (tertiary/aromatic N) is 1. The maximum atomic E-state index is 6.32. The summed E-state index contributed by atoms with van der Waals surface area (Å²) >= 11 is 3.83. The van der Waals surface area contributed by atoms with Gasteiger partial charge in [0, 0.05) is 36.8 Å². The SMILES string of the molecule is Brc1ccc2c3cc4oc5ccccc5c4c4cccc(c34)n3c4ccccc4c1c23. The molecule has 8 aromatic rings. The molecule has 0 radical (unpaired) electrons. The Morgan fingerprint density at radius 3 is 2.26 bits per heavy atom. The molecule has 0 amide bonds.